The van der Waals surface area contributed by atoms with Gasteiger partial charge in [-0.05, 0) is 12.1 Å². The van der Waals surface area contributed by atoms with Crippen molar-refractivity contribution in [2.24, 2.45) is 0 Å². The lowest BCUT2D eigenvalue weighted by molar-refractivity contribution is -0.0933. The van der Waals surface area contributed by atoms with Crippen LogP contribution in [0.25, 0.3) is 0 Å². The summed E-state index contributed by atoms with van der Waals surface area (Å²) in [6.45, 7) is 2.19. The molecule has 1 aliphatic heterocycles. The molecule has 1 aromatic heterocycles. The summed E-state index contributed by atoms with van der Waals surface area (Å²) in [5.41, 5.74) is 5.90. The first kappa shape index (κ1) is 12.8. The van der Waals surface area contributed by atoms with Gasteiger partial charge in [0, 0.05) is 13.6 Å². The van der Waals surface area contributed by atoms with Gasteiger partial charge in [0.15, 0.2) is 0 Å². The molecule has 0 aliphatic carbocycles. The third-order valence-electron chi connectivity index (χ3n) is 2.70. The quantitative estimate of drug-likeness (QED) is 0.827. The van der Waals surface area contributed by atoms with E-state index in [1.165, 1.54) is 0 Å². The van der Waals surface area contributed by atoms with Crippen molar-refractivity contribution in [1.82, 2.24) is 9.88 Å². The van der Waals surface area contributed by atoms with E-state index in [0.29, 0.717) is 37.9 Å². The molecule has 0 bridgehead atoms. The molecule has 1 atom stereocenters. The minimum absolute atomic E-state index is 0.0752. The number of nitrogens with two attached hydrogens (primary N) is 1. The SMILES string of the molecule is CN(C[C@H]1COCCO1)C(=O)c1cccc(N)n1. The Labute approximate surface area is 106 Å². The van der Waals surface area contributed by atoms with E-state index in [1.54, 1.807) is 30.1 Å². The first-order chi connectivity index (χ1) is 8.66. The minimum atomic E-state index is -0.170. The van der Waals surface area contributed by atoms with E-state index in [1.807, 2.05) is 0 Å². The number of ether oxygens (including phenoxy) is 2. The van der Waals surface area contributed by atoms with E-state index >= 15 is 0 Å². The molecule has 6 nitrogen and oxygen atoms in total. The predicted molar refractivity (Wildman–Crippen MR) is 66.2 cm³/mol. The van der Waals surface area contributed by atoms with Gasteiger partial charge in [-0.25, -0.2) is 4.98 Å². The molecule has 0 saturated carbocycles. The van der Waals surface area contributed by atoms with Crippen LogP contribution in [0.2, 0.25) is 0 Å². The van der Waals surface area contributed by atoms with E-state index in [4.69, 9.17) is 15.2 Å². The highest BCUT2D eigenvalue weighted by molar-refractivity contribution is 5.92. The lowest BCUT2D eigenvalue weighted by atomic mass is 10.2. The lowest BCUT2D eigenvalue weighted by Crippen LogP contribution is -2.41. The topological polar surface area (TPSA) is 77.7 Å². The van der Waals surface area contributed by atoms with E-state index in [9.17, 15) is 4.79 Å². The van der Waals surface area contributed by atoms with Crippen molar-refractivity contribution in [2.75, 3.05) is 39.1 Å². The molecule has 18 heavy (non-hydrogen) atoms. The predicted octanol–water partition coefficient (Wildman–Crippen LogP) is 0.151. The zero-order chi connectivity index (χ0) is 13.0. The fourth-order valence-corrected chi connectivity index (χ4v) is 1.80. The normalized spacial score (nSPS) is 19.5. The Kier molecular flexibility index (Phi) is 4.11. The molecule has 0 unspecified atom stereocenters. The van der Waals surface area contributed by atoms with Gasteiger partial charge in [-0.3, -0.25) is 4.79 Å². The van der Waals surface area contributed by atoms with Crippen LogP contribution in [0.4, 0.5) is 5.82 Å². The molecule has 2 N–H and O–H groups in total. The number of pyridine rings is 1. The lowest BCUT2D eigenvalue weighted by Gasteiger charge is -2.27. The second-order valence-corrected chi connectivity index (χ2v) is 4.20. The Morgan fingerprint density at radius 2 is 2.39 bits per heavy atom. The molecule has 98 valence electrons. The summed E-state index contributed by atoms with van der Waals surface area (Å²) in [5, 5.41) is 0. The highest BCUT2D eigenvalue weighted by atomic mass is 16.6. The second-order valence-electron chi connectivity index (χ2n) is 4.20. The molecule has 1 aliphatic rings. The summed E-state index contributed by atoms with van der Waals surface area (Å²) in [6.07, 6.45) is -0.0752. The number of hydrogen-bond donors (Lipinski definition) is 1. The second kappa shape index (κ2) is 5.79. The molecule has 0 radical (unpaired) electrons. The fraction of sp³-hybridized carbons (Fsp3) is 0.500. The number of rotatable bonds is 3. The average molecular weight is 251 g/mol. The van der Waals surface area contributed by atoms with Crippen molar-refractivity contribution < 1.29 is 14.3 Å². The van der Waals surface area contributed by atoms with Gasteiger partial charge in [-0.2, -0.15) is 0 Å². The smallest absolute Gasteiger partial charge is 0.272 e. The number of likely N-dealkylation sites (N-methyl/N-ethyl adjacent to an activating group) is 1. The molecule has 2 heterocycles. The van der Waals surface area contributed by atoms with Crippen LogP contribution < -0.4 is 5.73 Å². The van der Waals surface area contributed by atoms with E-state index in [2.05, 4.69) is 4.98 Å². The first-order valence-corrected chi connectivity index (χ1v) is 5.84. The van der Waals surface area contributed by atoms with E-state index < -0.39 is 0 Å². The van der Waals surface area contributed by atoms with E-state index in [-0.39, 0.29) is 12.0 Å². The highest BCUT2D eigenvalue weighted by Crippen LogP contribution is 2.07. The maximum absolute atomic E-state index is 12.1. The van der Waals surface area contributed by atoms with Gasteiger partial charge in [-0.15, -0.1) is 0 Å². The fourth-order valence-electron chi connectivity index (χ4n) is 1.80. The molecular weight excluding hydrogens is 234 g/mol. The number of carbonyl (C=O) groups is 1. The van der Waals surface area contributed by atoms with Gasteiger partial charge >= 0.3 is 0 Å². The van der Waals surface area contributed by atoms with Gasteiger partial charge < -0.3 is 20.1 Å². The molecule has 2 rings (SSSR count). The molecule has 0 spiro atoms. The summed E-state index contributed by atoms with van der Waals surface area (Å²) in [4.78, 5) is 17.7. The third kappa shape index (κ3) is 3.18. The summed E-state index contributed by atoms with van der Waals surface area (Å²) >= 11 is 0. The number of nitrogens with zero attached hydrogens (tertiary/aromatic N) is 2. The molecule has 1 aromatic rings. The van der Waals surface area contributed by atoms with Gasteiger partial charge in [0.1, 0.15) is 11.5 Å². The Balaban J connectivity index is 1.95. The first-order valence-electron chi connectivity index (χ1n) is 5.84. The minimum Gasteiger partial charge on any atom is -0.384 e. The summed E-state index contributed by atoms with van der Waals surface area (Å²) < 4.78 is 10.8. The van der Waals surface area contributed by atoms with Gasteiger partial charge in [0.05, 0.1) is 25.9 Å². The maximum atomic E-state index is 12.1. The molecule has 1 amide bonds. The number of aromatic nitrogens is 1. The van der Waals surface area contributed by atoms with Crippen molar-refractivity contribution in [3.05, 3.63) is 23.9 Å². The summed E-state index contributed by atoms with van der Waals surface area (Å²) in [7, 11) is 1.71. The Bertz CT molecular complexity index is 419. The Morgan fingerprint density at radius 3 is 3.06 bits per heavy atom. The Morgan fingerprint density at radius 1 is 1.56 bits per heavy atom. The molecule has 6 heteroatoms. The summed E-state index contributed by atoms with van der Waals surface area (Å²) in [6, 6.07) is 5.01. The van der Waals surface area contributed by atoms with Crippen LogP contribution in [0, 0.1) is 0 Å². The molecule has 1 saturated heterocycles. The third-order valence-corrected chi connectivity index (χ3v) is 2.70. The van der Waals surface area contributed by atoms with Crippen molar-refractivity contribution in [2.45, 2.75) is 6.10 Å². The number of anilines is 1. The number of hydrogen-bond acceptors (Lipinski definition) is 5. The Hall–Kier alpha value is -1.66. The number of carbonyl (C=O) groups excluding carboxylic acids is 1. The zero-order valence-electron chi connectivity index (χ0n) is 10.3. The van der Waals surface area contributed by atoms with Crippen LogP contribution in [-0.2, 0) is 9.47 Å². The zero-order valence-corrected chi connectivity index (χ0v) is 10.3. The van der Waals surface area contributed by atoms with Crippen molar-refractivity contribution in [3.8, 4) is 0 Å². The standard InChI is InChI=1S/C12H17N3O3/c1-15(7-9-8-17-5-6-18-9)12(16)10-3-2-4-11(13)14-10/h2-4,9H,5-8H2,1H3,(H2,13,14)/t9-/m0/s1. The van der Waals surface area contributed by atoms with Crippen molar-refractivity contribution in [3.63, 3.8) is 0 Å². The molecule has 1 fully saturated rings. The molecule has 0 aromatic carbocycles. The van der Waals surface area contributed by atoms with Crippen LogP contribution in [0.3, 0.4) is 0 Å². The van der Waals surface area contributed by atoms with Gasteiger partial charge in [0.25, 0.3) is 5.91 Å². The van der Waals surface area contributed by atoms with Crippen LogP contribution in [0.5, 0.6) is 0 Å². The van der Waals surface area contributed by atoms with Gasteiger partial charge in [0.2, 0.25) is 0 Å². The maximum Gasteiger partial charge on any atom is 0.272 e. The average Bonchev–Trinajstić information content (AvgIpc) is 2.39. The van der Waals surface area contributed by atoms with E-state index in [0.717, 1.165) is 0 Å². The van der Waals surface area contributed by atoms with Crippen LogP contribution in [0.1, 0.15) is 10.5 Å². The van der Waals surface area contributed by atoms with Crippen LogP contribution >= 0.6 is 0 Å². The molecular formula is C12H17N3O3. The largest absolute Gasteiger partial charge is 0.384 e. The van der Waals surface area contributed by atoms with Gasteiger partial charge in [-0.1, -0.05) is 6.07 Å². The number of nitrogen functional groups attached to an aromatic ring is 1. The highest BCUT2D eigenvalue weighted by Gasteiger charge is 2.20. The van der Waals surface area contributed by atoms with Crippen LogP contribution in [-0.4, -0.2) is 55.3 Å². The summed E-state index contributed by atoms with van der Waals surface area (Å²) in [5.74, 6) is 0.169. The monoisotopic (exact) mass is 251 g/mol. The van der Waals surface area contributed by atoms with Crippen molar-refractivity contribution in [1.29, 1.82) is 0 Å². The number of amides is 1. The van der Waals surface area contributed by atoms with Crippen LogP contribution in [0.15, 0.2) is 18.2 Å². The van der Waals surface area contributed by atoms with Crippen molar-refractivity contribution >= 4 is 11.7 Å².